The van der Waals surface area contributed by atoms with Gasteiger partial charge in [-0.2, -0.15) is 4.31 Å². The largest absolute Gasteiger partial charge is 0.459 e. The second-order valence-electron chi connectivity index (χ2n) is 7.68. The summed E-state index contributed by atoms with van der Waals surface area (Å²) in [7, 11) is -1.80. The molecule has 0 bridgehead atoms. The van der Waals surface area contributed by atoms with E-state index in [0.29, 0.717) is 25.9 Å². The molecule has 1 aliphatic heterocycles. The van der Waals surface area contributed by atoms with Crippen LogP contribution in [0.2, 0.25) is 0 Å². The molecule has 1 amide bonds. The molecule has 1 aliphatic rings. The third-order valence-corrected chi connectivity index (χ3v) is 7.74. The predicted molar refractivity (Wildman–Crippen MR) is 113 cm³/mol. The fraction of sp³-hybridized carbons (Fsp3) is 0.364. The molecule has 3 heterocycles. The number of carbonyl (C=O) groups excluding carboxylic acids is 1. The molecule has 0 spiro atoms. The van der Waals surface area contributed by atoms with E-state index in [2.05, 4.69) is 4.98 Å². The van der Waals surface area contributed by atoms with Crippen molar-refractivity contribution in [3.05, 3.63) is 60.6 Å². The minimum absolute atomic E-state index is 0.0152. The number of hydrogen-bond donors (Lipinski definition) is 0. The van der Waals surface area contributed by atoms with Gasteiger partial charge in [-0.05, 0) is 44.0 Å². The van der Waals surface area contributed by atoms with Crippen molar-refractivity contribution in [2.75, 3.05) is 20.1 Å². The van der Waals surface area contributed by atoms with Crippen LogP contribution < -0.4 is 0 Å². The van der Waals surface area contributed by atoms with Crippen LogP contribution in [0, 0.1) is 5.92 Å². The molecule has 1 saturated heterocycles. The number of furan rings is 1. The zero-order chi connectivity index (χ0) is 21.3. The highest BCUT2D eigenvalue weighted by Gasteiger charge is 2.34. The molecule has 1 aromatic carbocycles. The van der Waals surface area contributed by atoms with E-state index in [0.717, 1.165) is 16.7 Å². The van der Waals surface area contributed by atoms with Gasteiger partial charge in [-0.25, -0.2) is 8.42 Å². The summed E-state index contributed by atoms with van der Waals surface area (Å²) in [5.41, 5.74) is 0.800. The maximum absolute atomic E-state index is 13.1. The monoisotopic (exact) mass is 427 g/mol. The van der Waals surface area contributed by atoms with Crippen molar-refractivity contribution in [2.24, 2.45) is 5.92 Å². The second-order valence-corrected chi connectivity index (χ2v) is 9.62. The van der Waals surface area contributed by atoms with Crippen molar-refractivity contribution in [3.63, 3.8) is 0 Å². The molecule has 0 saturated carbocycles. The SMILES string of the molecule is CC(c1cc2ccccc2o1)N(C)C(=O)C1CCN(S(=O)(=O)c2cccnc2)CC1. The Bertz CT molecular complexity index is 1100. The molecule has 4 rings (SSSR count). The van der Waals surface area contributed by atoms with Gasteiger partial charge < -0.3 is 9.32 Å². The Morgan fingerprint density at radius 1 is 1.20 bits per heavy atom. The van der Waals surface area contributed by atoms with Gasteiger partial charge in [0, 0.05) is 43.8 Å². The third-order valence-electron chi connectivity index (χ3n) is 5.86. The van der Waals surface area contributed by atoms with Crippen LogP contribution in [0.4, 0.5) is 0 Å². The number of sulfonamides is 1. The normalized spacial score (nSPS) is 17.1. The number of benzene rings is 1. The lowest BCUT2D eigenvalue weighted by molar-refractivity contribution is -0.137. The number of para-hydroxylation sites is 1. The topological polar surface area (TPSA) is 83.7 Å². The van der Waals surface area contributed by atoms with Crippen LogP contribution >= 0.6 is 0 Å². The van der Waals surface area contributed by atoms with E-state index in [1.807, 2.05) is 37.3 Å². The number of amides is 1. The summed E-state index contributed by atoms with van der Waals surface area (Å²) in [6.07, 6.45) is 3.89. The molecule has 0 radical (unpaired) electrons. The number of pyridine rings is 1. The molecule has 1 fully saturated rings. The summed E-state index contributed by atoms with van der Waals surface area (Å²) in [5.74, 6) is 0.548. The summed E-state index contributed by atoms with van der Waals surface area (Å²) >= 11 is 0. The average molecular weight is 428 g/mol. The Balaban J connectivity index is 1.41. The number of aromatic nitrogens is 1. The molecule has 3 aromatic rings. The summed E-state index contributed by atoms with van der Waals surface area (Å²) in [4.78, 5) is 18.8. The van der Waals surface area contributed by atoms with Crippen molar-refractivity contribution >= 4 is 26.9 Å². The van der Waals surface area contributed by atoms with Crippen molar-refractivity contribution in [3.8, 4) is 0 Å². The molecule has 0 N–H and O–H groups in total. The Hall–Kier alpha value is -2.71. The van der Waals surface area contributed by atoms with Gasteiger partial charge in [-0.1, -0.05) is 18.2 Å². The number of piperidine rings is 1. The molecule has 2 aromatic heterocycles. The maximum atomic E-state index is 13.1. The Morgan fingerprint density at radius 2 is 1.93 bits per heavy atom. The van der Waals surface area contributed by atoms with Gasteiger partial charge in [0.25, 0.3) is 0 Å². The van der Waals surface area contributed by atoms with Crippen LogP contribution in [-0.2, 0) is 14.8 Å². The summed E-state index contributed by atoms with van der Waals surface area (Å²) < 4.78 is 32.9. The van der Waals surface area contributed by atoms with Gasteiger partial charge in [0.05, 0.1) is 6.04 Å². The maximum Gasteiger partial charge on any atom is 0.244 e. The van der Waals surface area contributed by atoms with Crippen LogP contribution in [0.3, 0.4) is 0 Å². The first-order valence-electron chi connectivity index (χ1n) is 10.0. The molecular weight excluding hydrogens is 402 g/mol. The van der Waals surface area contributed by atoms with E-state index in [-0.39, 0.29) is 22.8 Å². The number of rotatable bonds is 5. The van der Waals surface area contributed by atoms with E-state index in [4.69, 9.17) is 4.42 Å². The highest BCUT2D eigenvalue weighted by atomic mass is 32.2. The van der Waals surface area contributed by atoms with Gasteiger partial charge >= 0.3 is 0 Å². The molecule has 1 unspecified atom stereocenters. The smallest absolute Gasteiger partial charge is 0.244 e. The van der Waals surface area contributed by atoms with Crippen LogP contribution in [-0.4, -0.2) is 48.7 Å². The lowest BCUT2D eigenvalue weighted by Gasteiger charge is -2.34. The molecule has 7 nitrogen and oxygen atoms in total. The van der Waals surface area contributed by atoms with Gasteiger partial charge in [0.2, 0.25) is 15.9 Å². The molecule has 0 aliphatic carbocycles. The molecule has 158 valence electrons. The summed E-state index contributed by atoms with van der Waals surface area (Å²) in [6, 6.07) is 12.7. The Kier molecular flexibility index (Phi) is 5.62. The molecule has 8 heteroatoms. The minimum Gasteiger partial charge on any atom is -0.459 e. The van der Waals surface area contributed by atoms with Gasteiger partial charge in [0.15, 0.2) is 0 Å². The van der Waals surface area contributed by atoms with Gasteiger partial charge in [-0.3, -0.25) is 9.78 Å². The third kappa shape index (κ3) is 3.85. The van der Waals surface area contributed by atoms with Crippen molar-refractivity contribution in [1.82, 2.24) is 14.2 Å². The molecule has 30 heavy (non-hydrogen) atoms. The zero-order valence-electron chi connectivity index (χ0n) is 17.1. The summed E-state index contributed by atoms with van der Waals surface area (Å²) in [5, 5.41) is 1.01. The number of hydrogen-bond acceptors (Lipinski definition) is 5. The van der Waals surface area contributed by atoms with Gasteiger partial charge in [0.1, 0.15) is 16.2 Å². The number of nitrogens with zero attached hydrogens (tertiary/aromatic N) is 3. The van der Waals surface area contributed by atoms with Gasteiger partial charge in [-0.15, -0.1) is 0 Å². The fourth-order valence-corrected chi connectivity index (χ4v) is 5.30. The average Bonchev–Trinajstić information content (AvgIpc) is 3.22. The van der Waals surface area contributed by atoms with Crippen molar-refractivity contribution in [1.29, 1.82) is 0 Å². The Morgan fingerprint density at radius 3 is 2.60 bits per heavy atom. The molecular formula is C22H25N3O4S. The highest BCUT2D eigenvalue weighted by molar-refractivity contribution is 7.89. The first-order valence-corrected chi connectivity index (χ1v) is 11.5. The second kappa shape index (κ2) is 8.20. The minimum atomic E-state index is -3.57. The lowest BCUT2D eigenvalue weighted by atomic mass is 9.96. The van der Waals surface area contributed by atoms with Crippen LogP contribution in [0.1, 0.15) is 31.6 Å². The Labute approximate surface area is 176 Å². The van der Waals surface area contributed by atoms with Crippen LogP contribution in [0.5, 0.6) is 0 Å². The first kappa shape index (κ1) is 20.6. The van der Waals surface area contributed by atoms with Crippen molar-refractivity contribution < 1.29 is 17.6 Å². The standard InChI is InChI=1S/C22H25N3O4S/c1-16(21-14-18-6-3-4-8-20(18)29-21)24(2)22(26)17-9-12-25(13-10-17)30(27,28)19-7-5-11-23-15-19/h3-8,11,14-17H,9-10,12-13H2,1-2H3. The van der Waals surface area contributed by atoms with E-state index in [9.17, 15) is 13.2 Å². The van der Waals surface area contributed by atoms with E-state index in [1.54, 1.807) is 30.3 Å². The lowest BCUT2D eigenvalue weighted by Crippen LogP contribution is -2.43. The summed E-state index contributed by atoms with van der Waals surface area (Å²) in [6.45, 7) is 2.58. The van der Waals surface area contributed by atoms with Crippen LogP contribution in [0.25, 0.3) is 11.0 Å². The highest BCUT2D eigenvalue weighted by Crippen LogP contribution is 2.30. The van der Waals surface area contributed by atoms with Crippen molar-refractivity contribution in [2.45, 2.75) is 30.7 Å². The number of fused-ring (bicyclic) bond motifs is 1. The zero-order valence-corrected chi connectivity index (χ0v) is 17.9. The van der Waals surface area contributed by atoms with E-state index in [1.165, 1.54) is 10.5 Å². The quantitative estimate of drug-likeness (QED) is 0.623. The van der Waals surface area contributed by atoms with Crippen LogP contribution in [0.15, 0.2) is 64.2 Å². The predicted octanol–water partition coefficient (Wildman–Crippen LogP) is 3.45. The van der Waals surface area contributed by atoms with E-state index >= 15 is 0 Å². The molecule has 1 atom stereocenters. The fourth-order valence-electron chi connectivity index (χ4n) is 3.87. The van der Waals surface area contributed by atoms with E-state index < -0.39 is 10.0 Å². The first-order chi connectivity index (χ1) is 14.4. The number of carbonyl (C=O) groups is 1.